The van der Waals surface area contributed by atoms with Crippen LogP contribution in [0.5, 0.6) is 0 Å². The van der Waals surface area contributed by atoms with Crippen molar-refractivity contribution in [2.45, 2.75) is 63.8 Å². The van der Waals surface area contributed by atoms with Gasteiger partial charge in [0.1, 0.15) is 0 Å². The van der Waals surface area contributed by atoms with Crippen LogP contribution in [-0.2, 0) is 11.3 Å². The SMILES string of the molecule is CC1COC(CCl)CN1Cc1ccn(C2CCCCC2)n1. The molecular formula is C16H26ClN3O. The standard InChI is InChI=1S/C16H26ClN3O/c1-13-12-21-16(9-17)11-19(13)10-14-7-8-20(18-14)15-5-3-2-4-6-15/h7-8,13,15-16H,2-6,9-12H2,1H3. The largest absolute Gasteiger partial charge is 0.374 e. The molecule has 1 saturated heterocycles. The van der Waals surface area contributed by atoms with Gasteiger partial charge in [0, 0.05) is 31.2 Å². The Kier molecular flexibility index (Phi) is 5.19. The van der Waals surface area contributed by atoms with Gasteiger partial charge in [0.2, 0.25) is 0 Å². The van der Waals surface area contributed by atoms with Crippen molar-refractivity contribution < 1.29 is 4.74 Å². The highest BCUT2D eigenvalue weighted by Gasteiger charge is 2.26. The van der Waals surface area contributed by atoms with Gasteiger partial charge in [-0.1, -0.05) is 19.3 Å². The maximum Gasteiger partial charge on any atom is 0.0838 e. The van der Waals surface area contributed by atoms with Gasteiger partial charge in [-0.15, -0.1) is 11.6 Å². The number of morpholine rings is 1. The molecule has 0 aromatic carbocycles. The van der Waals surface area contributed by atoms with Crippen molar-refractivity contribution in [1.82, 2.24) is 14.7 Å². The first-order valence-electron chi connectivity index (χ1n) is 8.22. The molecule has 3 rings (SSSR count). The van der Waals surface area contributed by atoms with Crippen LogP contribution in [0.4, 0.5) is 0 Å². The van der Waals surface area contributed by atoms with Crippen LogP contribution < -0.4 is 0 Å². The van der Waals surface area contributed by atoms with E-state index in [1.165, 1.54) is 37.8 Å². The fourth-order valence-corrected chi connectivity index (χ4v) is 3.59. The molecule has 1 aliphatic carbocycles. The van der Waals surface area contributed by atoms with Gasteiger partial charge in [0.15, 0.2) is 0 Å². The highest BCUT2D eigenvalue weighted by atomic mass is 35.5. The third kappa shape index (κ3) is 3.79. The van der Waals surface area contributed by atoms with E-state index in [0.29, 0.717) is 18.0 Å². The minimum Gasteiger partial charge on any atom is -0.374 e. The average Bonchev–Trinajstić information content (AvgIpc) is 2.99. The van der Waals surface area contributed by atoms with E-state index < -0.39 is 0 Å². The lowest BCUT2D eigenvalue weighted by Crippen LogP contribution is -2.48. The van der Waals surface area contributed by atoms with E-state index in [9.17, 15) is 0 Å². The molecule has 1 aliphatic heterocycles. The predicted molar refractivity (Wildman–Crippen MR) is 84.7 cm³/mol. The van der Waals surface area contributed by atoms with Gasteiger partial charge in [0.05, 0.1) is 24.4 Å². The van der Waals surface area contributed by atoms with Crippen LogP contribution in [0.2, 0.25) is 0 Å². The molecule has 2 heterocycles. The Hall–Kier alpha value is -0.580. The van der Waals surface area contributed by atoms with Crippen molar-refractivity contribution in [2.24, 2.45) is 0 Å². The summed E-state index contributed by atoms with van der Waals surface area (Å²) in [7, 11) is 0. The first kappa shape index (κ1) is 15.3. The van der Waals surface area contributed by atoms with Gasteiger partial charge in [-0.25, -0.2) is 0 Å². The number of aromatic nitrogens is 2. The smallest absolute Gasteiger partial charge is 0.0838 e. The summed E-state index contributed by atoms with van der Waals surface area (Å²) >= 11 is 5.93. The second kappa shape index (κ2) is 7.12. The summed E-state index contributed by atoms with van der Waals surface area (Å²) < 4.78 is 7.90. The molecule has 118 valence electrons. The predicted octanol–water partition coefficient (Wildman–Crippen LogP) is 3.22. The topological polar surface area (TPSA) is 30.3 Å². The van der Waals surface area contributed by atoms with Crippen molar-refractivity contribution in [3.05, 3.63) is 18.0 Å². The quantitative estimate of drug-likeness (QED) is 0.800. The molecule has 1 saturated carbocycles. The zero-order chi connectivity index (χ0) is 14.7. The van der Waals surface area contributed by atoms with Gasteiger partial charge in [-0.2, -0.15) is 5.10 Å². The molecule has 2 atom stereocenters. The molecule has 5 heteroatoms. The third-order valence-electron chi connectivity index (χ3n) is 4.78. The Balaban J connectivity index is 1.60. The monoisotopic (exact) mass is 311 g/mol. The molecule has 0 spiro atoms. The lowest BCUT2D eigenvalue weighted by molar-refractivity contribution is -0.0515. The Morgan fingerprint density at radius 3 is 2.90 bits per heavy atom. The summed E-state index contributed by atoms with van der Waals surface area (Å²) in [6.07, 6.45) is 8.95. The molecule has 0 amide bonds. The number of halogens is 1. The first-order valence-corrected chi connectivity index (χ1v) is 8.75. The van der Waals surface area contributed by atoms with E-state index in [-0.39, 0.29) is 6.10 Å². The molecule has 0 radical (unpaired) electrons. The van der Waals surface area contributed by atoms with Crippen LogP contribution >= 0.6 is 11.6 Å². The first-order chi connectivity index (χ1) is 10.3. The van der Waals surface area contributed by atoms with E-state index in [4.69, 9.17) is 21.4 Å². The fourth-order valence-electron chi connectivity index (χ4n) is 3.41. The Morgan fingerprint density at radius 1 is 1.33 bits per heavy atom. The van der Waals surface area contributed by atoms with Gasteiger partial charge in [-0.3, -0.25) is 9.58 Å². The second-order valence-corrected chi connectivity index (χ2v) is 6.78. The Bertz CT molecular complexity index is 444. The van der Waals surface area contributed by atoms with Gasteiger partial charge >= 0.3 is 0 Å². The van der Waals surface area contributed by atoms with E-state index in [1.54, 1.807) is 0 Å². The minimum atomic E-state index is 0.156. The summed E-state index contributed by atoms with van der Waals surface area (Å²) in [5.41, 5.74) is 1.17. The zero-order valence-corrected chi connectivity index (χ0v) is 13.6. The maximum atomic E-state index is 5.93. The van der Waals surface area contributed by atoms with Crippen LogP contribution in [-0.4, -0.2) is 45.9 Å². The van der Waals surface area contributed by atoms with E-state index >= 15 is 0 Å². The molecule has 21 heavy (non-hydrogen) atoms. The molecule has 2 aliphatic rings. The molecule has 2 unspecified atom stereocenters. The Morgan fingerprint density at radius 2 is 2.14 bits per heavy atom. The van der Waals surface area contributed by atoms with Crippen LogP contribution in [0.15, 0.2) is 12.3 Å². The summed E-state index contributed by atoms with van der Waals surface area (Å²) in [6.45, 7) is 4.78. The van der Waals surface area contributed by atoms with Gasteiger partial charge < -0.3 is 4.74 Å². The van der Waals surface area contributed by atoms with Crippen molar-refractivity contribution in [1.29, 1.82) is 0 Å². The summed E-state index contributed by atoms with van der Waals surface area (Å²) in [5, 5.41) is 4.81. The minimum absolute atomic E-state index is 0.156. The highest BCUT2D eigenvalue weighted by Crippen LogP contribution is 2.27. The normalized spacial score (nSPS) is 28.9. The number of rotatable bonds is 4. The number of hydrogen-bond acceptors (Lipinski definition) is 3. The van der Waals surface area contributed by atoms with Crippen LogP contribution in [0, 0.1) is 0 Å². The molecule has 1 aromatic heterocycles. The summed E-state index contributed by atoms with van der Waals surface area (Å²) in [6, 6.07) is 3.22. The van der Waals surface area contributed by atoms with E-state index in [1.807, 2.05) is 0 Å². The molecule has 0 bridgehead atoms. The average molecular weight is 312 g/mol. The third-order valence-corrected chi connectivity index (χ3v) is 5.13. The lowest BCUT2D eigenvalue weighted by Gasteiger charge is -2.36. The van der Waals surface area contributed by atoms with Gasteiger partial charge in [-0.05, 0) is 25.8 Å². The van der Waals surface area contributed by atoms with Crippen molar-refractivity contribution in [3.8, 4) is 0 Å². The van der Waals surface area contributed by atoms with Crippen molar-refractivity contribution in [3.63, 3.8) is 0 Å². The Labute approximate surface area is 132 Å². The zero-order valence-electron chi connectivity index (χ0n) is 12.9. The summed E-state index contributed by atoms with van der Waals surface area (Å²) in [4.78, 5) is 2.43. The second-order valence-electron chi connectivity index (χ2n) is 6.47. The number of hydrogen-bond donors (Lipinski definition) is 0. The van der Waals surface area contributed by atoms with E-state index in [2.05, 4.69) is 28.8 Å². The molecular weight excluding hydrogens is 286 g/mol. The number of nitrogens with zero attached hydrogens (tertiary/aromatic N) is 3. The summed E-state index contributed by atoms with van der Waals surface area (Å²) in [5.74, 6) is 0.569. The fraction of sp³-hybridized carbons (Fsp3) is 0.812. The van der Waals surface area contributed by atoms with Crippen molar-refractivity contribution >= 4 is 11.6 Å². The molecule has 0 N–H and O–H groups in total. The molecule has 1 aromatic rings. The van der Waals surface area contributed by atoms with Gasteiger partial charge in [0.25, 0.3) is 0 Å². The molecule has 4 nitrogen and oxygen atoms in total. The van der Waals surface area contributed by atoms with E-state index in [0.717, 1.165) is 19.7 Å². The van der Waals surface area contributed by atoms with Crippen LogP contribution in [0.25, 0.3) is 0 Å². The highest BCUT2D eigenvalue weighted by molar-refractivity contribution is 6.18. The van der Waals surface area contributed by atoms with Crippen LogP contribution in [0.3, 0.4) is 0 Å². The number of alkyl halides is 1. The molecule has 2 fully saturated rings. The maximum absolute atomic E-state index is 5.93. The van der Waals surface area contributed by atoms with Crippen LogP contribution in [0.1, 0.15) is 50.8 Å². The lowest BCUT2D eigenvalue weighted by atomic mass is 9.96. The van der Waals surface area contributed by atoms with Crippen molar-refractivity contribution in [2.75, 3.05) is 19.0 Å². The number of ether oxygens (including phenoxy) is 1.